The van der Waals surface area contributed by atoms with Crippen LogP contribution in [0.2, 0.25) is 5.02 Å². The van der Waals surface area contributed by atoms with Crippen LogP contribution in [0.4, 0.5) is 10.6 Å². The van der Waals surface area contributed by atoms with Crippen LogP contribution < -0.4 is 10.6 Å². The Balaban J connectivity index is 2.11. The molecule has 0 aliphatic carbocycles. The highest BCUT2D eigenvalue weighted by atomic mass is 35.5. The number of aliphatic hydroxyl groups is 1. The molecule has 1 heterocycles. The van der Waals surface area contributed by atoms with E-state index in [2.05, 4.69) is 15.7 Å². The van der Waals surface area contributed by atoms with Gasteiger partial charge >= 0.3 is 6.03 Å². The summed E-state index contributed by atoms with van der Waals surface area (Å²) in [5.74, 6) is 0.433. The number of halogens is 1. The number of hydrogen-bond donors (Lipinski definition) is 3. The van der Waals surface area contributed by atoms with Crippen molar-refractivity contribution in [1.29, 1.82) is 0 Å². The molecule has 7 heteroatoms. The molecule has 118 valence electrons. The van der Waals surface area contributed by atoms with Gasteiger partial charge in [-0.15, -0.1) is 5.10 Å². The fourth-order valence-electron chi connectivity index (χ4n) is 2.02. The smallest absolute Gasteiger partial charge is 0.320 e. The molecule has 1 atom stereocenters. The average molecular weight is 323 g/mol. The van der Waals surface area contributed by atoms with Crippen molar-refractivity contribution in [3.63, 3.8) is 0 Å². The van der Waals surface area contributed by atoms with Crippen molar-refractivity contribution >= 4 is 23.4 Å². The number of carbonyl (C=O) groups excluding carboxylic acids is 1. The molecule has 1 unspecified atom stereocenters. The Hall–Kier alpha value is -2.05. The number of carbonyl (C=O) groups is 1. The third kappa shape index (κ3) is 3.99. The van der Waals surface area contributed by atoms with Crippen LogP contribution in [0, 0.1) is 6.92 Å². The van der Waals surface area contributed by atoms with Gasteiger partial charge in [0.2, 0.25) is 0 Å². The van der Waals surface area contributed by atoms with Gasteiger partial charge in [-0.05, 0) is 31.5 Å². The maximum Gasteiger partial charge on any atom is 0.320 e. The van der Waals surface area contributed by atoms with Crippen LogP contribution >= 0.6 is 11.6 Å². The second kappa shape index (κ2) is 7.29. The number of rotatable bonds is 5. The molecule has 22 heavy (non-hydrogen) atoms. The highest BCUT2D eigenvalue weighted by Gasteiger charge is 2.12. The number of aromatic nitrogens is 2. The first-order valence-electron chi connectivity index (χ1n) is 7.04. The molecule has 0 aliphatic rings. The van der Waals surface area contributed by atoms with Crippen molar-refractivity contribution < 1.29 is 9.90 Å². The van der Waals surface area contributed by atoms with Crippen LogP contribution in [0.25, 0.3) is 5.69 Å². The van der Waals surface area contributed by atoms with E-state index in [-0.39, 0.29) is 12.6 Å². The van der Waals surface area contributed by atoms with Gasteiger partial charge in [0.05, 0.1) is 18.3 Å². The molecule has 0 spiro atoms. The van der Waals surface area contributed by atoms with Crippen LogP contribution in [0.15, 0.2) is 30.3 Å². The van der Waals surface area contributed by atoms with Crippen LogP contribution in [-0.4, -0.2) is 33.6 Å². The second-order valence-corrected chi connectivity index (χ2v) is 5.39. The number of urea groups is 1. The summed E-state index contributed by atoms with van der Waals surface area (Å²) in [6, 6.07) is 8.41. The molecular weight excluding hydrogens is 304 g/mol. The number of benzene rings is 1. The number of aliphatic hydroxyl groups excluding tert-OH is 1. The Labute approximate surface area is 134 Å². The maximum atomic E-state index is 11.8. The van der Waals surface area contributed by atoms with E-state index in [1.165, 1.54) is 0 Å². The largest absolute Gasteiger partial charge is 0.394 e. The Morgan fingerprint density at radius 2 is 2.23 bits per heavy atom. The zero-order chi connectivity index (χ0) is 16.1. The van der Waals surface area contributed by atoms with Crippen molar-refractivity contribution in [1.82, 2.24) is 15.1 Å². The van der Waals surface area contributed by atoms with Crippen molar-refractivity contribution in [2.45, 2.75) is 26.3 Å². The van der Waals surface area contributed by atoms with E-state index >= 15 is 0 Å². The van der Waals surface area contributed by atoms with Gasteiger partial charge in [-0.3, -0.25) is 5.32 Å². The van der Waals surface area contributed by atoms with Gasteiger partial charge in [-0.2, -0.15) is 0 Å². The molecule has 0 bridgehead atoms. The lowest BCUT2D eigenvalue weighted by Crippen LogP contribution is -2.39. The van der Waals surface area contributed by atoms with Crippen LogP contribution in [0.1, 0.15) is 19.0 Å². The van der Waals surface area contributed by atoms with Crippen LogP contribution in [0.5, 0.6) is 0 Å². The van der Waals surface area contributed by atoms with Crippen LogP contribution in [0.3, 0.4) is 0 Å². The fourth-order valence-corrected chi connectivity index (χ4v) is 2.20. The third-order valence-corrected chi connectivity index (χ3v) is 3.47. The third-order valence-electron chi connectivity index (χ3n) is 3.23. The lowest BCUT2D eigenvalue weighted by atomic mass is 10.2. The molecule has 0 saturated heterocycles. The van der Waals surface area contributed by atoms with E-state index in [1.54, 1.807) is 22.9 Å². The summed E-state index contributed by atoms with van der Waals surface area (Å²) in [5, 5.41) is 19.4. The lowest BCUT2D eigenvalue weighted by Gasteiger charge is -2.13. The van der Waals surface area contributed by atoms with Gasteiger partial charge in [-0.1, -0.05) is 24.6 Å². The van der Waals surface area contributed by atoms with E-state index in [9.17, 15) is 4.79 Å². The molecule has 1 aromatic carbocycles. The van der Waals surface area contributed by atoms with Gasteiger partial charge in [0.25, 0.3) is 0 Å². The quantitative estimate of drug-likeness (QED) is 0.792. The van der Waals surface area contributed by atoms with Crippen molar-refractivity contribution in [2.24, 2.45) is 0 Å². The molecule has 2 amide bonds. The van der Waals surface area contributed by atoms with Gasteiger partial charge in [-0.25, -0.2) is 9.48 Å². The van der Waals surface area contributed by atoms with Crippen LogP contribution in [-0.2, 0) is 0 Å². The number of hydrogen-bond acceptors (Lipinski definition) is 3. The van der Waals surface area contributed by atoms with E-state index in [4.69, 9.17) is 16.7 Å². The van der Waals surface area contributed by atoms with Gasteiger partial charge in [0.1, 0.15) is 0 Å². The van der Waals surface area contributed by atoms with Crippen molar-refractivity contribution in [2.75, 3.05) is 11.9 Å². The zero-order valence-electron chi connectivity index (χ0n) is 12.5. The minimum Gasteiger partial charge on any atom is -0.394 e. The predicted molar refractivity (Wildman–Crippen MR) is 86.6 cm³/mol. The summed E-state index contributed by atoms with van der Waals surface area (Å²) in [7, 11) is 0. The molecule has 6 nitrogen and oxygen atoms in total. The summed E-state index contributed by atoms with van der Waals surface area (Å²) in [6.45, 7) is 3.68. The number of amides is 2. The number of nitrogens with zero attached hydrogens (tertiary/aromatic N) is 2. The molecular formula is C15H19ClN4O2. The van der Waals surface area contributed by atoms with Gasteiger partial charge < -0.3 is 10.4 Å². The summed E-state index contributed by atoms with van der Waals surface area (Å²) in [4.78, 5) is 11.8. The van der Waals surface area contributed by atoms with E-state index < -0.39 is 6.03 Å². The number of aryl methyl sites for hydroxylation is 1. The normalized spacial score (nSPS) is 12.0. The average Bonchev–Trinajstić information content (AvgIpc) is 2.85. The van der Waals surface area contributed by atoms with Crippen molar-refractivity contribution in [3.05, 3.63) is 41.0 Å². The Bertz CT molecular complexity index is 653. The fraction of sp³-hybridized carbons (Fsp3) is 0.333. The van der Waals surface area contributed by atoms with E-state index in [1.807, 2.05) is 26.0 Å². The molecule has 3 N–H and O–H groups in total. The summed E-state index contributed by atoms with van der Waals surface area (Å²) in [5.41, 5.74) is 1.69. The minimum atomic E-state index is -0.392. The first kappa shape index (κ1) is 16.3. The Kier molecular flexibility index (Phi) is 5.41. The lowest BCUT2D eigenvalue weighted by molar-refractivity contribution is 0.222. The summed E-state index contributed by atoms with van der Waals surface area (Å²) < 4.78 is 1.70. The first-order valence-corrected chi connectivity index (χ1v) is 7.42. The minimum absolute atomic E-state index is 0.0973. The first-order chi connectivity index (χ1) is 10.5. The predicted octanol–water partition coefficient (Wildman–Crippen LogP) is 2.73. The topological polar surface area (TPSA) is 79.2 Å². The molecule has 0 radical (unpaired) electrons. The number of nitrogens with one attached hydrogen (secondary N) is 2. The van der Waals surface area contributed by atoms with E-state index in [0.717, 1.165) is 11.4 Å². The zero-order valence-corrected chi connectivity index (χ0v) is 13.3. The molecule has 2 aromatic rings. The summed E-state index contributed by atoms with van der Waals surface area (Å²) in [6.07, 6.45) is 0.653. The van der Waals surface area contributed by atoms with E-state index in [0.29, 0.717) is 17.3 Å². The number of anilines is 1. The molecule has 0 aliphatic heterocycles. The SMILES string of the molecule is CCC(CO)NC(=O)Nc1cc(C)n(-c2cccc(Cl)c2)n1. The van der Waals surface area contributed by atoms with Crippen molar-refractivity contribution in [3.8, 4) is 5.69 Å². The summed E-state index contributed by atoms with van der Waals surface area (Å²) >= 11 is 5.98. The standard InChI is InChI=1S/C15H19ClN4O2/c1-3-12(9-21)17-15(22)18-14-7-10(2)20(19-14)13-6-4-5-11(16)8-13/h4-8,12,21H,3,9H2,1-2H3,(H2,17,18,19,22). The molecule has 1 aromatic heterocycles. The molecule has 0 fully saturated rings. The second-order valence-electron chi connectivity index (χ2n) is 4.95. The molecule has 0 saturated carbocycles. The Morgan fingerprint density at radius 1 is 1.45 bits per heavy atom. The monoisotopic (exact) mass is 322 g/mol. The highest BCUT2D eigenvalue weighted by Crippen LogP contribution is 2.18. The Morgan fingerprint density at radius 3 is 2.86 bits per heavy atom. The maximum absolute atomic E-state index is 11.8. The van der Waals surface area contributed by atoms with Gasteiger partial charge in [0, 0.05) is 16.8 Å². The van der Waals surface area contributed by atoms with Gasteiger partial charge in [0.15, 0.2) is 5.82 Å². The highest BCUT2D eigenvalue weighted by molar-refractivity contribution is 6.30. The molecule has 2 rings (SSSR count).